The summed E-state index contributed by atoms with van der Waals surface area (Å²) in [5.41, 5.74) is 7.34. The molecule has 0 bridgehead atoms. The van der Waals surface area contributed by atoms with Crippen LogP contribution in [-0.2, 0) is 0 Å². The summed E-state index contributed by atoms with van der Waals surface area (Å²) in [5.74, 6) is 0.363. The second-order valence-corrected chi connectivity index (χ2v) is 5.70. The van der Waals surface area contributed by atoms with Crippen molar-refractivity contribution in [3.63, 3.8) is 0 Å². The lowest BCUT2D eigenvalue weighted by atomic mass is 10.0. The number of carbonyl (C=O) groups excluding carboxylic acids is 1. The maximum Gasteiger partial charge on any atom is 0.270 e. The van der Waals surface area contributed by atoms with Crippen molar-refractivity contribution in [2.75, 3.05) is 12.5 Å². The van der Waals surface area contributed by atoms with Crippen molar-refractivity contribution in [3.05, 3.63) is 35.3 Å². The van der Waals surface area contributed by atoms with Crippen molar-refractivity contribution in [2.45, 2.75) is 26.7 Å². The number of fused-ring (bicyclic) bond motifs is 1. The normalized spacial score (nSPS) is 10.9. The number of anilines is 1. The Labute approximate surface area is 143 Å². The molecule has 25 heavy (non-hydrogen) atoms. The Morgan fingerprint density at radius 2 is 2.12 bits per heavy atom. The molecule has 3 aromatic heterocycles. The minimum Gasteiger partial charge on any atom is -0.481 e. The van der Waals surface area contributed by atoms with Crippen molar-refractivity contribution in [1.29, 1.82) is 0 Å². The van der Waals surface area contributed by atoms with Gasteiger partial charge in [-0.15, -0.1) is 0 Å². The number of aryl methyl sites for hydroxylation is 1. The summed E-state index contributed by atoms with van der Waals surface area (Å²) in [7, 11) is 1.50. The number of methoxy groups -OCH3 is 1. The molecule has 3 aromatic rings. The summed E-state index contributed by atoms with van der Waals surface area (Å²) < 4.78 is 10.2. The fourth-order valence-corrected chi connectivity index (χ4v) is 2.28. The van der Waals surface area contributed by atoms with Crippen molar-refractivity contribution < 1.29 is 14.1 Å². The molecule has 0 saturated carbocycles. The van der Waals surface area contributed by atoms with E-state index in [1.54, 1.807) is 19.1 Å². The Kier molecular flexibility index (Phi) is 4.46. The lowest BCUT2D eigenvalue weighted by Crippen LogP contribution is -2.30. The molecule has 9 heteroatoms. The number of hydrogen-bond acceptors (Lipinski definition) is 8. The summed E-state index contributed by atoms with van der Waals surface area (Å²) in [4.78, 5) is 25.1. The first-order valence-electron chi connectivity index (χ1n) is 7.70. The molecule has 0 saturated heterocycles. The number of carbonyl (C=O) groups is 1. The second kappa shape index (κ2) is 6.71. The number of hydrazine groups is 1. The second-order valence-electron chi connectivity index (χ2n) is 5.70. The Morgan fingerprint density at radius 3 is 2.84 bits per heavy atom. The number of pyridine rings is 1. The number of nitrogens with one attached hydrogen (secondary N) is 2. The van der Waals surface area contributed by atoms with Gasteiger partial charge in [0, 0.05) is 18.0 Å². The predicted molar refractivity (Wildman–Crippen MR) is 90.3 cm³/mol. The van der Waals surface area contributed by atoms with Crippen LogP contribution in [0.3, 0.4) is 0 Å². The molecule has 1 amide bonds. The van der Waals surface area contributed by atoms with Gasteiger partial charge < -0.3 is 9.26 Å². The van der Waals surface area contributed by atoms with Gasteiger partial charge in [-0.25, -0.2) is 9.97 Å². The van der Waals surface area contributed by atoms with Crippen molar-refractivity contribution in [2.24, 2.45) is 0 Å². The molecule has 0 radical (unpaired) electrons. The first-order valence-corrected chi connectivity index (χ1v) is 7.70. The zero-order valence-corrected chi connectivity index (χ0v) is 14.3. The van der Waals surface area contributed by atoms with Crippen LogP contribution < -0.4 is 15.6 Å². The van der Waals surface area contributed by atoms with Gasteiger partial charge in [-0.3, -0.25) is 15.6 Å². The standard InChI is InChI=1S/C16H18N6O3/c1-8(2)11-7-10(13-9(3)22-25-15(13)18-11)14(23)20-21-16-17-6-5-12(19-16)24-4/h5-8H,1-4H3,(H,20,23)(H,17,19,21). The van der Waals surface area contributed by atoms with Crippen LogP contribution in [0.25, 0.3) is 11.1 Å². The molecule has 0 atom stereocenters. The largest absolute Gasteiger partial charge is 0.481 e. The molecule has 0 spiro atoms. The van der Waals surface area contributed by atoms with E-state index in [1.807, 2.05) is 13.8 Å². The minimum absolute atomic E-state index is 0.135. The van der Waals surface area contributed by atoms with Crippen molar-refractivity contribution in [1.82, 2.24) is 25.5 Å². The molecule has 130 valence electrons. The number of ether oxygens (including phenoxy) is 1. The Hall–Kier alpha value is -3.23. The van der Waals surface area contributed by atoms with Gasteiger partial charge in [0.25, 0.3) is 11.6 Å². The average Bonchev–Trinajstić information content (AvgIpc) is 3.00. The third-order valence-corrected chi connectivity index (χ3v) is 3.60. The molecule has 0 aromatic carbocycles. The number of aromatic nitrogens is 4. The number of nitrogens with zero attached hydrogens (tertiary/aromatic N) is 4. The highest BCUT2D eigenvalue weighted by Crippen LogP contribution is 2.25. The van der Waals surface area contributed by atoms with Crippen molar-refractivity contribution in [3.8, 4) is 5.88 Å². The van der Waals surface area contributed by atoms with Gasteiger partial charge in [0.2, 0.25) is 11.8 Å². The maximum absolute atomic E-state index is 12.7. The summed E-state index contributed by atoms with van der Waals surface area (Å²) in [5, 5.41) is 4.48. The van der Waals surface area contributed by atoms with E-state index in [2.05, 4.69) is 31.0 Å². The number of rotatable bonds is 5. The quantitative estimate of drug-likeness (QED) is 0.678. The van der Waals surface area contributed by atoms with Gasteiger partial charge in [-0.1, -0.05) is 19.0 Å². The monoisotopic (exact) mass is 342 g/mol. The van der Waals surface area contributed by atoms with Crippen molar-refractivity contribution >= 4 is 23.0 Å². The fraction of sp³-hybridized carbons (Fsp3) is 0.312. The van der Waals surface area contributed by atoms with E-state index in [4.69, 9.17) is 9.26 Å². The highest BCUT2D eigenvalue weighted by Gasteiger charge is 2.19. The van der Waals surface area contributed by atoms with E-state index in [0.29, 0.717) is 28.2 Å². The van der Waals surface area contributed by atoms with Crippen LogP contribution in [0.4, 0.5) is 5.95 Å². The van der Waals surface area contributed by atoms with E-state index in [0.717, 1.165) is 5.69 Å². The Balaban J connectivity index is 1.89. The summed E-state index contributed by atoms with van der Waals surface area (Å²) in [6, 6.07) is 3.34. The van der Waals surface area contributed by atoms with Crippen LogP contribution in [-0.4, -0.2) is 33.1 Å². The lowest BCUT2D eigenvalue weighted by molar-refractivity contribution is 0.0963. The van der Waals surface area contributed by atoms with Crippen LogP contribution in [0.5, 0.6) is 5.88 Å². The van der Waals surface area contributed by atoms with E-state index in [9.17, 15) is 4.79 Å². The molecular weight excluding hydrogens is 324 g/mol. The molecule has 0 fully saturated rings. The van der Waals surface area contributed by atoms with Gasteiger partial charge >= 0.3 is 0 Å². The highest BCUT2D eigenvalue weighted by atomic mass is 16.5. The van der Waals surface area contributed by atoms with Gasteiger partial charge in [-0.2, -0.15) is 4.98 Å². The summed E-state index contributed by atoms with van der Waals surface area (Å²) >= 11 is 0. The van der Waals surface area contributed by atoms with E-state index in [1.165, 1.54) is 13.3 Å². The van der Waals surface area contributed by atoms with E-state index >= 15 is 0 Å². The zero-order chi connectivity index (χ0) is 18.0. The molecule has 9 nitrogen and oxygen atoms in total. The van der Waals surface area contributed by atoms with Crippen LogP contribution in [0, 0.1) is 6.92 Å². The zero-order valence-electron chi connectivity index (χ0n) is 14.3. The van der Waals surface area contributed by atoms with Gasteiger partial charge in [0.05, 0.1) is 23.8 Å². The summed E-state index contributed by atoms with van der Waals surface area (Å²) in [6.45, 7) is 5.74. The third-order valence-electron chi connectivity index (χ3n) is 3.60. The SMILES string of the molecule is COc1ccnc(NNC(=O)c2cc(C(C)C)nc3onc(C)c23)n1. The highest BCUT2D eigenvalue weighted by molar-refractivity contribution is 6.06. The molecule has 0 aliphatic carbocycles. The number of hydrogen-bond donors (Lipinski definition) is 2. The van der Waals surface area contributed by atoms with E-state index < -0.39 is 0 Å². The van der Waals surface area contributed by atoms with Crippen LogP contribution in [0.1, 0.15) is 41.5 Å². The third kappa shape index (κ3) is 3.35. The predicted octanol–water partition coefficient (Wildman–Crippen LogP) is 2.21. The summed E-state index contributed by atoms with van der Waals surface area (Å²) in [6.07, 6.45) is 1.52. The van der Waals surface area contributed by atoms with Gasteiger partial charge in [-0.05, 0) is 18.9 Å². The maximum atomic E-state index is 12.7. The van der Waals surface area contributed by atoms with E-state index in [-0.39, 0.29) is 17.8 Å². The van der Waals surface area contributed by atoms with Crippen LogP contribution in [0.2, 0.25) is 0 Å². The molecule has 0 aliphatic rings. The minimum atomic E-state index is -0.369. The topological polar surface area (TPSA) is 115 Å². The van der Waals surface area contributed by atoms with Gasteiger partial charge in [0.15, 0.2) is 0 Å². The van der Waals surface area contributed by atoms with Crippen LogP contribution in [0.15, 0.2) is 22.9 Å². The smallest absolute Gasteiger partial charge is 0.270 e. The first kappa shape index (κ1) is 16.6. The number of amides is 1. The molecule has 0 aliphatic heterocycles. The Bertz CT molecular complexity index is 921. The molecule has 3 heterocycles. The molecular formula is C16H18N6O3. The fourth-order valence-electron chi connectivity index (χ4n) is 2.28. The van der Waals surface area contributed by atoms with Gasteiger partial charge in [0.1, 0.15) is 0 Å². The van der Waals surface area contributed by atoms with Crippen LogP contribution >= 0.6 is 0 Å². The lowest BCUT2D eigenvalue weighted by Gasteiger charge is -2.10. The molecule has 2 N–H and O–H groups in total. The first-order chi connectivity index (χ1) is 12.0. The molecule has 0 unspecified atom stereocenters. The molecule has 3 rings (SSSR count). The average molecular weight is 342 g/mol. The Morgan fingerprint density at radius 1 is 1.32 bits per heavy atom.